The molecule has 1 aliphatic rings. The largest absolute Gasteiger partial charge is 0.386 e. The monoisotopic (exact) mass is 197 g/mol. The van der Waals surface area contributed by atoms with Crippen LogP contribution in [0.15, 0.2) is 0 Å². The van der Waals surface area contributed by atoms with Crippen molar-refractivity contribution >= 4 is 5.84 Å². The van der Waals surface area contributed by atoms with Crippen LogP contribution in [0.4, 0.5) is 0 Å². The fourth-order valence-electron chi connectivity index (χ4n) is 2.41. The van der Waals surface area contributed by atoms with Crippen LogP contribution in [0.3, 0.4) is 0 Å². The van der Waals surface area contributed by atoms with Crippen LogP contribution in [-0.4, -0.2) is 29.9 Å². The summed E-state index contributed by atoms with van der Waals surface area (Å²) >= 11 is 0. The minimum atomic E-state index is 0.162. The molecule has 0 spiro atoms. The van der Waals surface area contributed by atoms with Crippen molar-refractivity contribution in [1.29, 1.82) is 5.41 Å². The summed E-state index contributed by atoms with van der Waals surface area (Å²) in [6.45, 7) is 8.87. The van der Waals surface area contributed by atoms with Gasteiger partial charge in [0.2, 0.25) is 0 Å². The van der Waals surface area contributed by atoms with Gasteiger partial charge in [-0.1, -0.05) is 20.8 Å². The van der Waals surface area contributed by atoms with Gasteiger partial charge in [-0.3, -0.25) is 10.3 Å². The van der Waals surface area contributed by atoms with Crippen molar-refractivity contribution < 1.29 is 0 Å². The van der Waals surface area contributed by atoms with Crippen LogP contribution in [-0.2, 0) is 0 Å². The number of amidine groups is 1. The van der Waals surface area contributed by atoms with E-state index in [-0.39, 0.29) is 6.04 Å². The summed E-state index contributed by atoms with van der Waals surface area (Å²) < 4.78 is 0. The Labute approximate surface area is 87.2 Å². The maximum absolute atomic E-state index is 7.55. The molecule has 0 radical (unpaired) electrons. The van der Waals surface area contributed by atoms with Crippen LogP contribution in [0.1, 0.15) is 40.0 Å². The van der Waals surface area contributed by atoms with E-state index in [9.17, 15) is 0 Å². The van der Waals surface area contributed by atoms with Crippen molar-refractivity contribution in [3.63, 3.8) is 0 Å². The van der Waals surface area contributed by atoms with Gasteiger partial charge in [0, 0.05) is 6.54 Å². The molecule has 3 heteroatoms. The molecule has 0 aromatic heterocycles. The normalized spacial score (nSPS) is 24.5. The molecule has 3 N–H and O–H groups in total. The number of nitrogens with zero attached hydrogens (tertiary/aromatic N) is 1. The molecule has 1 fully saturated rings. The fourth-order valence-corrected chi connectivity index (χ4v) is 2.41. The highest BCUT2D eigenvalue weighted by atomic mass is 15.2. The summed E-state index contributed by atoms with van der Waals surface area (Å²) in [6, 6.07) is 0.162. The summed E-state index contributed by atoms with van der Waals surface area (Å²) in [4.78, 5) is 2.37. The highest BCUT2D eigenvalue weighted by Crippen LogP contribution is 2.29. The van der Waals surface area contributed by atoms with Gasteiger partial charge < -0.3 is 5.73 Å². The average Bonchev–Trinajstić information content (AvgIpc) is 2.02. The molecule has 1 rings (SSSR count). The predicted octanol–water partition coefficient (Wildman–Crippen LogP) is 1.82. The number of hydrogen-bond donors (Lipinski definition) is 2. The van der Waals surface area contributed by atoms with Gasteiger partial charge in [0.15, 0.2) is 0 Å². The fraction of sp³-hybridized carbons (Fsp3) is 0.909. The number of piperidine rings is 1. The van der Waals surface area contributed by atoms with Crippen molar-refractivity contribution in [2.45, 2.75) is 46.1 Å². The Bertz CT molecular complexity index is 211. The summed E-state index contributed by atoms with van der Waals surface area (Å²) in [6.07, 6.45) is 3.47. The second kappa shape index (κ2) is 4.30. The molecule has 0 aliphatic carbocycles. The van der Waals surface area contributed by atoms with Gasteiger partial charge in [-0.25, -0.2) is 0 Å². The van der Waals surface area contributed by atoms with Gasteiger partial charge in [-0.05, 0) is 31.2 Å². The summed E-state index contributed by atoms with van der Waals surface area (Å²) in [5.74, 6) is 0.324. The minimum Gasteiger partial charge on any atom is -0.386 e. The highest BCUT2D eigenvalue weighted by molar-refractivity contribution is 5.82. The van der Waals surface area contributed by atoms with Crippen LogP contribution in [0.25, 0.3) is 0 Å². The molecule has 0 aromatic rings. The van der Waals surface area contributed by atoms with Gasteiger partial charge in [0.05, 0.1) is 6.04 Å². The lowest BCUT2D eigenvalue weighted by molar-refractivity contribution is 0.0989. The maximum Gasteiger partial charge on any atom is 0.108 e. The zero-order chi connectivity index (χ0) is 10.8. The lowest BCUT2D eigenvalue weighted by atomic mass is 9.83. The third-order valence-corrected chi connectivity index (χ3v) is 3.12. The van der Waals surface area contributed by atoms with E-state index in [1.54, 1.807) is 0 Å². The molecular weight excluding hydrogens is 174 g/mol. The van der Waals surface area contributed by atoms with Crippen LogP contribution in [0.5, 0.6) is 0 Å². The van der Waals surface area contributed by atoms with Crippen molar-refractivity contribution in [3.8, 4) is 0 Å². The lowest BCUT2D eigenvalue weighted by Crippen LogP contribution is -2.50. The third kappa shape index (κ3) is 2.71. The molecule has 1 unspecified atom stereocenters. The first-order chi connectivity index (χ1) is 6.46. The molecule has 1 atom stereocenters. The molecule has 82 valence electrons. The van der Waals surface area contributed by atoms with Crippen LogP contribution < -0.4 is 5.73 Å². The molecular formula is C11H23N3. The average molecular weight is 197 g/mol. The van der Waals surface area contributed by atoms with E-state index in [1.165, 1.54) is 12.8 Å². The molecule has 1 saturated heterocycles. The van der Waals surface area contributed by atoms with Crippen molar-refractivity contribution in [2.24, 2.45) is 11.1 Å². The van der Waals surface area contributed by atoms with E-state index in [0.717, 1.165) is 19.5 Å². The highest BCUT2D eigenvalue weighted by Gasteiger charge is 2.30. The standard InChI is InChI=1S/C11H23N3/c1-4-9(10(12)13)14-7-5-6-11(2,3)8-14/h9H,4-8H2,1-3H3,(H3,12,13). The molecule has 0 aromatic carbocycles. The van der Waals surface area contributed by atoms with Gasteiger partial charge in [0.25, 0.3) is 0 Å². The molecule has 0 saturated carbocycles. The second-order valence-electron chi connectivity index (χ2n) is 5.12. The van der Waals surface area contributed by atoms with E-state index in [0.29, 0.717) is 11.3 Å². The second-order valence-corrected chi connectivity index (χ2v) is 5.12. The van der Waals surface area contributed by atoms with Crippen LogP contribution >= 0.6 is 0 Å². The van der Waals surface area contributed by atoms with Crippen molar-refractivity contribution in [3.05, 3.63) is 0 Å². The van der Waals surface area contributed by atoms with Gasteiger partial charge >= 0.3 is 0 Å². The Hall–Kier alpha value is -0.570. The Morgan fingerprint density at radius 1 is 1.57 bits per heavy atom. The quantitative estimate of drug-likeness (QED) is 0.535. The zero-order valence-corrected chi connectivity index (χ0v) is 9.64. The lowest BCUT2D eigenvalue weighted by Gasteiger charge is -2.41. The number of hydrogen-bond acceptors (Lipinski definition) is 2. The summed E-state index contributed by atoms with van der Waals surface area (Å²) in [5, 5.41) is 7.55. The topological polar surface area (TPSA) is 53.1 Å². The van der Waals surface area contributed by atoms with Gasteiger partial charge in [-0.15, -0.1) is 0 Å². The summed E-state index contributed by atoms with van der Waals surface area (Å²) in [7, 11) is 0. The first-order valence-electron chi connectivity index (χ1n) is 5.54. The van der Waals surface area contributed by atoms with E-state index in [1.807, 2.05) is 0 Å². The summed E-state index contributed by atoms with van der Waals surface area (Å²) in [5.41, 5.74) is 6.00. The number of nitrogens with two attached hydrogens (primary N) is 1. The smallest absolute Gasteiger partial charge is 0.108 e. The van der Waals surface area contributed by atoms with E-state index in [4.69, 9.17) is 11.1 Å². The van der Waals surface area contributed by atoms with Crippen molar-refractivity contribution in [2.75, 3.05) is 13.1 Å². The van der Waals surface area contributed by atoms with Crippen molar-refractivity contribution in [1.82, 2.24) is 4.90 Å². The molecule has 14 heavy (non-hydrogen) atoms. The molecule has 1 heterocycles. The predicted molar refractivity (Wildman–Crippen MR) is 60.6 cm³/mol. The van der Waals surface area contributed by atoms with Crippen LogP contribution in [0.2, 0.25) is 0 Å². The van der Waals surface area contributed by atoms with Gasteiger partial charge in [0.1, 0.15) is 5.84 Å². The van der Waals surface area contributed by atoms with E-state index >= 15 is 0 Å². The Kier molecular flexibility index (Phi) is 3.53. The SMILES string of the molecule is CCC(C(=N)N)N1CCCC(C)(C)C1. The van der Waals surface area contributed by atoms with Gasteiger partial charge in [-0.2, -0.15) is 0 Å². The Morgan fingerprint density at radius 3 is 2.64 bits per heavy atom. The molecule has 0 bridgehead atoms. The maximum atomic E-state index is 7.55. The first-order valence-corrected chi connectivity index (χ1v) is 5.54. The Balaban J connectivity index is 2.62. The first kappa shape index (κ1) is 11.5. The molecule has 1 aliphatic heterocycles. The number of likely N-dealkylation sites (tertiary alicyclic amines) is 1. The third-order valence-electron chi connectivity index (χ3n) is 3.12. The zero-order valence-electron chi connectivity index (χ0n) is 9.64. The van der Waals surface area contributed by atoms with E-state index in [2.05, 4.69) is 25.7 Å². The van der Waals surface area contributed by atoms with Crippen LogP contribution in [0, 0.1) is 10.8 Å². The number of nitrogens with one attached hydrogen (secondary N) is 1. The number of rotatable bonds is 3. The minimum absolute atomic E-state index is 0.162. The molecule has 0 amide bonds. The molecule has 3 nitrogen and oxygen atoms in total. The Morgan fingerprint density at radius 2 is 2.21 bits per heavy atom. The van der Waals surface area contributed by atoms with E-state index < -0.39 is 0 Å².